The third-order valence-electron chi connectivity index (χ3n) is 3.92. The summed E-state index contributed by atoms with van der Waals surface area (Å²) in [6.07, 6.45) is 5.67. The number of rotatable bonds is 3. The maximum atomic E-state index is 9.32. The fourth-order valence-corrected chi connectivity index (χ4v) is 3.39. The second-order valence-electron chi connectivity index (χ2n) is 4.72. The molecule has 0 aliphatic heterocycles. The Labute approximate surface area is 80.3 Å². The minimum Gasteiger partial charge on any atom is -0.368 e. The van der Waals surface area contributed by atoms with Gasteiger partial charge in [-0.2, -0.15) is 0 Å². The third kappa shape index (κ3) is 1.50. The van der Waals surface area contributed by atoms with E-state index >= 15 is 0 Å². The Morgan fingerprint density at radius 2 is 2.31 bits per heavy atom. The molecule has 4 unspecified atom stereocenters. The van der Waals surface area contributed by atoms with Gasteiger partial charge in [-0.1, -0.05) is 6.92 Å². The summed E-state index contributed by atoms with van der Waals surface area (Å²) in [7, 11) is 0. The van der Waals surface area contributed by atoms with Gasteiger partial charge < -0.3 is 9.84 Å². The predicted molar refractivity (Wildman–Crippen MR) is 51.2 cm³/mol. The topological polar surface area (TPSA) is 29.5 Å². The molecule has 2 nitrogen and oxygen atoms in total. The van der Waals surface area contributed by atoms with Crippen molar-refractivity contribution in [1.82, 2.24) is 0 Å². The van der Waals surface area contributed by atoms with E-state index < -0.39 is 6.29 Å². The van der Waals surface area contributed by atoms with Gasteiger partial charge in [0.05, 0.1) is 5.60 Å². The minimum atomic E-state index is -0.598. The van der Waals surface area contributed by atoms with E-state index in [1.54, 1.807) is 6.92 Å². The lowest BCUT2D eigenvalue weighted by Gasteiger charge is -2.38. The molecule has 0 aromatic heterocycles. The molecule has 2 bridgehead atoms. The van der Waals surface area contributed by atoms with Gasteiger partial charge >= 0.3 is 0 Å². The summed E-state index contributed by atoms with van der Waals surface area (Å²) in [5, 5.41) is 9.32. The Kier molecular flexibility index (Phi) is 2.37. The second kappa shape index (κ2) is 3.25. The third-order valence-corrected chi connectivity index (χ3v) is 3.92. The van der Waals surface area contributed by atoms with Crippen molar-refractivity contribution in [1.29, 1.82) is 0 Å². The van der Waals surface area contributed by atoms with E-state index in [1.807, 2.05) is 0 Å². The van der Waals surface area contributed by atoms with Crippen molar-refractivity contribution >= 4 is 0 Å². The number of aliphatic hydroxyl groups excluding tert-OH is 1. The van der Waals surface area contributed by atoms with Crippen LogP contribution in [0.3, 0.4) is 0 Å². The molecule has 0 saturated heterocycles. The number of fused-ring (bicyclic) bond motifs is 2. The maximum Gasteiger partial charge on any atom is 0.152 e. The standard InChI is InChI=1S/C11H20O2/c1-3-11(13-8(2)12)7-9-4-5-10(11)6-9/h8-10,12H,3-7H2,1-2H3. The molecule has 2 aliphatic carbocycles. The van der Waals surface area contributed by atoms with Crippen LogP contribution in [0.5, 0.6) is 0 Å². The van der Waals surface area contributed by atoms with Gasteiger partial charge in [0.25, 0.3) is 0 Å². The molecule has 4 atom stereocenters. The molecule has 13 heavy (non-hydrogen) atoms. The Hall–Kier alpha value is -0.0800. The molecule has 0 heterocycles. The van der Waals surface area contributed by atoms with Gasteiger partial charge in [0.2, 0.25) is 0 Å². The SMILES string of the molecule is CCC1(OC(C)O)CC2CCC1C2. The lowest BCUT2D eigenvalue weighted by molar-refractivity contribution is -0.196. The second-order valence-corrected chi connectivity index (χ2v) is 4.72. The van der Waals surface area contributed by atoms with Crippen molar-refractivity contribution in [2.24, 2.45) is 11.8 Å². The first-order chi connectivity index (χ1) is 6.16. The van der Waals surface area contributed by atoms with Crippen molar-refractivity contribution in [3.8, 4) is 0 Å². The molecular formula is C11H20O2. The first kappa shape index (κ1) is 9.47. The average Bonchev–Trinajstić information content (AvgIpc) is 2.62. The van der Waals surface area contributed by atoms with Crippen LogP contribution in [0, 0.1) is 11.8 Å². The van der Waals surface area contributed by atoms with Crippen molar-refractivity contribution in [2.75, 3.05) is 0 Å². The summed E-state index contributed by atoms with van der Waals surface area (Å²) in [5.41, 5.74) is 0.0249. The molecule has 0 spiro atoms. The molecule has 1 N–H and O–H groups in total. The summed E-state index contributed by atoms with van der Waals surface area (Å²) in [6.45, 7) is 3.91. The van der Waals surface area contributed by atoms with Gasteiger partial charge in [-0.25, -0.2) is 0 Å². The van der Waals surface area contributed by atoms with Crippen LogP contribution in [0.25, 0.3) is 0 Å². The molecule has 76 valence electrons. The molecule has 2 heteroatoms. The molecule has 2 rings (SSSR count). The highest BCUT2D eigenvalue weighted by Gasteiger charge is 2.51. The van der Waals surface area contributed by atoms with E-state index in [9.17, 15) is 5.11 Å². The lowest BCUT2D eigenvalue weighted by Crippen LogP contribution is -2.40. The van der Waals surface area contributed by atoms with Crippen LogP contribution in [0.15, 0.2) is 0 Å². The van der Waals surface area contributed by atoms with Gasteiger partial charge in [-0.05, 0) is 50.9 Å². The van der Waals surface area contributed by atoms with Gasteiger partial charge in [-0.3, -0.25) is 0 Å². The van der Waals surface area contributed by atoms with Crippen molar-refractivity contribution < 1.29 is 9.84 Å². The fraction of sp³-hybridized carbons (Fsp3) is 1.00. The summed E-state index contributed by atoms with van der Waals surface area (Å²) in [6, 6.07) is 0. The van der Waals surface area contributed by atoms with Crippen LogP contribution in [0.1, 0.15) is 46.0 Å². The van der Waals surface area contributed by atoms with Crippen LogP contribution in [0.4, 0.5) is 0 Å². The molecule has 0 radical (unpaired) electrons. The lowest BCUT2D eigenvalue weighted by atomic mass is 9.82. The normalized spacial score (nSPS) is 45.5. The summed E-state index contributed by atoms with van der Waals surface area (Å²) < 4.78 is 5.74. The van der Waals surface area contributed by atoms with E-state index in [4.69, 9.17) is 4.74 Å². The average molecular weight is 184 g/mol. The van der Waals surface area contributed by atoms with Gasteiger partial charge in [0.1, 0.15) is 0 Å². The highest BCUT2D eigenvalue weighted by molar-refractivity contribution is 5.01. The Balaban J connectivity index is 2.08. The number of hydrogen-bond acceptors (Lipinski definition) is 2. The fourth-order valence-electron chi connectivity index (χ4n) is 3.39. The van der Waals surface area contributed by atoms with Gasteiger partial charge in [0, 0.05) is 0 Å². The van der Waals surface area contributed by atoms with E-state index in [2.05, 4.69) is 6.92 Å². The minimum absolute atomic E-state index is 0.0249. The largest absolute Gasteiger partial charge is 0.368 e. The van der Waals surface area contributed by atoms with Crippen LogP contribution in [-0.2, 0) is 4.74 Å². The van der Waals surface area contributed by atoms with Crippen molar-refractivity contribution in [3.05, 3.63) is 0 Å². The Morgan fingerprint density at radius 1 is 1.54 bits per heavy atom. The zero-order valence-corrected chi connectivity index (χ0v) is 8.62. The molecule has 2 aliphatic rings. The van der Waals surface area contributed by atoms with Gasteiger partial charge in [0.15, 0.2) is 6.29 Å². The van der Waals surface area contributed by atoms with Crippen LogP contribution >= 0.6 is 0 Å². The maximum absolute atomic E-state index is 9.32. The molecule has 2 saturated carbocycles. The number of hydrogen-bond donors (Lipinski definition) is 1. The van der Waals surface area contributed by atoms with E-state index in [0.717, 1.165) is 18.3 Å². The highest BCUT2D eigenvalue weighted by atomic mass is 16.6. The summed E-state index contributed by atoms with van der Waals surface area (Å²) in [5.74, 6) is 1.60. The smallest absolute Gasteiger partial charge is 0.152 e. The number of aliphatic hydroxyl groups is 1. The molecule has 0 aromatic rings. The number of ether oxygens (including phenoxy) is 1. The van der Waals surface area contributed by atoms with E-state index in [0.29, 0.717) is 0 Å². The Morgan fingerprint density at radius 3 is 2.69 bits per heavy atom. The summed E-state index contributed by atoms with van der Waals surface area (Å²) >= 11 is 0. The summed E-state index contributed by atoms with van der Waals surface area (Å²) in [4.78, 5) is 0. The Bertz CT molecular complexity index is 191. The van der Waals surface area contributed by atoms with Gasteiger partial charge in [-0.15, -0.1) is 0 Å². The van der Waals surface area contributed by atoms with E-state index in [-0.39, 0.29) is 5.60 Å². The van der Waals surface area contributed by atoms with Crippen LogP contribution < -0.4 is 0 Å². The van der Waals surface area contributed by atoms with E-state index in [1.165, 1.54) is 25.7 Å². The molecule has 2 fully saturated rings. The van der Waals surface area contributed by atoms with Crippen molar-refractivity contribution in [2.45, 2.75) is 57.8 Å². The van der Waals surface area contributed by atoms with Crippen LogP contribution in [0.2, 0.25) is 0 Å². The first-order valence-electron chi connectivity index (χ1n) is 5.52. The first-order valence-corrected chi connectivity index (χ1v) is 5.52. The zero-order valence-electron chi connectivity index (χ0n) is 8.62. The molecule has 0 amide bonds. The zero-order chi connectivity index (χ0) is 9.47. The predicted octanol–water partition coefficient (Wildman–Crippen LogP) is 2.31. The molecular weight excluding hydrogens is 164 g/mol. The monoisotopic (exact) mass is 184 g/mol. The van der Waals surface area contributed by atoms with Crippen molar-refractivity contribution in [3.63, 3.8) is 0 Å². The highest BCUT2D eigenvalue weighted by Crippen LogP contribution is 2.54. The quantitative estimate of drug-likeness (QED) is 0.682. The molecule has 0 aromatic carbocycles. The van der Waals surface area contributed by atoms with Crippen LogP contribution in [-0.4, -0.2) is 17.0 Å².